The van der Waals surface area contributed by atoms with Crippen LogP contribution in [0, 0.1) is 0 Å². The molecule has 0 unspecified atom stereocenters. The summed E-state index contributed by atoms with van der Waals surface area (Å²) in [5.74, 6) is -0.106. The molecule has 2 aliphatic heterocycles. The molecule has 2 saturated heterocycles. The minimum atomic E-state index is -3.06. The van der Waals surface area contributed by atoms with E-state index in [0.717, 1.165) is 5.56 Å². The van der Waals surface area contributed by atoms with Crippen LogP contribution in [0.1, 0.15) is 12.0 Å². The number of thioether (sulfide) groups is 1. The van der Waals surface area contributed by atoms with Crippen molar-refractivity contribution in [2.45, 2.75) is 12.5 Å². The Morgan fingerprint density at radius 2 is 2.00 bits per heavy atom. The first-order valence-corrected chi connectivity index (χ1v) is 10.0. The largest absolute Gasteiger partial charge is 0.289 e. The topological polar surface area (TPSA) is 54.5 Å². The summed E-state index contributed by atoms with van der Waals surface area (Å²) in [6, 6.07) is 6.78. The molecule has 3 rings (SSSR count). The van der Waals surface area contributed by atoms with Gasteiger partial charge >= 0.3 is 0 Å². The lowest BCUT2D eigenvalue weighted by molar-refractivity contribution is -0.123. The molecule has 1 aromatic carbocycles. The van der Waals surface area contributed by atoms with E-state index < -0.39 is 9.84 Å². The van der Waals surface area contributed by atoms with Crippen LogP contribution in [-0.4, -0.2) is 41.1 Å². The second kappa shape index (κ2) is 5.96. The molecule has 22 heavy (non-hydrogen) atoms. The molecule has 1 amide bonds. The molecule has 2 aliphatic rings. The van der Waals surface area contributed by atoms with Gasteiger partial charge in [0.15, 0.2) is 9.84 Å². The molecule has 8 heteroatoms. The monoisotopic (exact) mass is 373 g/mol. The Morgan fingerprint density at radius 1 is 1.32 bits per heavy atom. The van der Waals surface area contributed by atoms with Crippen molar-refractivity contribution in [3.63, 3.8) is 0 Å². The zero-order valence-corrected chi connectivity index (χ0v) is 14.6. The van der Waals surface area contributed by atoms with E-state index in [1.807, 2.05) is 12.1 Å². The Kier molecular flexibility index (Phi) is 4.33. The van der Waals surface area contributed by atoms with Crippen LogP contribution in [0.2, 0.25) is 5.02 Å². The fourth-order valence-corrected chi connectivity index (χ4v) is 5.71. The molecule has 0 saturated carbocycles. The second-order valence-electron chi connectivity index (χ2n) is 5.16. The van der Waals surface area contributed by atoms with Crippen molar-refractivity contribution in [2.24, 2.45) is 0 Å². The van der Waals surface area contributed by atoms with E-state index >= 15 is 0 Å². The van der Waals surface area contributed by atoms with Crippen molar-refractivity contribution in [1.82, 2.24) is 4.90 Å². The number of sulfone groups is 1. The van der Waals surface area contributed by atoms with Crippen molar-refractivity contribution >= 4 is 61.7 Å². The number of nitrogens with zero attached hydrogens (tertiary/aromatic N) is 1. The Bertz CT molecular complexity index is 771. The molecule has 4 nitrogen and oxygen atoms in total. The number of thiocarbonyl (C=S) groups is 1. The third kappa shape index (κ3) is 3.22. The number of amides is 1. The van der Waals surface area contributed by atoms with Crippen molar-refractivity contribution in [3.05, 3.63) is 39.8 Å². The summed E-state index contributed by atoms with van der Waals surface area (Å²) in [5, 5.41) is 0.626. The van der Waals surface area contributed by atoms with Gasteiger partial charge in [-0.2, -0.15) is 0 Å². The predicted octanol–water partition coefficient (Wildman–Crippen LogP) is 2.73. The molecule has 0 bridgehead atoms. The molecular weight excluding hydrogens is 362 g/mol. The molecule has 2 heterocycles. The first-order chi connectivity index (χ1) is 10.4. The van der Waals surface area contributed by atoms with Gasteiger partial charge in [-0.3, -0.25) is 9.69 Å². The van der Waals surface area contributed by atoms with Gasteiger partial charge in [-0.05, 0) is 30.2 Å². The van der Waals surface area contributed by atoms with E-state index in [4.69, 9.17) is 23.8 Å². The lowest BCUT2D eigenvalue weighted by atomic mass is 10.2. The number of carbonyl (C=O) groups is 1. The van der Waals surface area contributed by atoms with Gasteiger partial charge in [0.25, 0.3) is 5.91 Å². The van der Waals surface area contributed by atoms with Gasteiger partial charge in [-0.25, -0.2) is 8.42 Å². The van der Waals surface area contributed by atoms with E-state index in [0.29, 0.717) is 20.7 Å². The average Bonchev–Trinajstić information content (AvgIpc) is 2.93. The van der Waals surface area contributed by atoms with Gasteiger partial charge < -0.3 is 0 Å². The molecular formula is C14H12ClNO3S3. The van der Waals surface area contributed by atoms with Gasteiger partial charge in [0, 0.05) is 5.02 Å². The normalized spacial score (nSPS) is 26.1. The van der Waals surface area contributed by atoms with Crippen LogP contribution in [0.4, 0.5) is 0 Å². The third-order valence-electron chi connectivity index (χ3n) is 3.56. The predicted molar refractivity (Wildman–Crippen MR) is 93.5 cm³/mol. The van der Waals surface area contributed by atoms with Crippen LogP contribution in [-0.2, 0) is 14.6 Å². The van der Waals surface area contributed by atoms with Gasteiger partial charge in [0.1, 0.15) is 4.32 Å². The van der Waals surface area contributed by atoms with Gasteiger partial charge in [-0.15, -0.1) is 0 Å². The lowest BCUT2D eigenvalue weighted by Gasteiger charge is -2.20. The zero-order chi connectivity index (χ0) is 15.9. The highest BCUT2D eigenvalue weighted by atomic mass is 35.5. The van der Waals surface area contributed by atoms with Crippen molar-refractivity contribution in [3.8, 4) is 0 Å². The molecule has 1 aromatic rings. The summed E-state index contributed by atoms with van der Waals surface area (Å²) in [6.07, 6.45) is 2.20. The van der Waals surface area contributed by atoms with Crippen LogP contribution in [0.5, 0.6) is 0 Å². The van der Waals surface area contributed by atoms with Crippen molar-refractivity contribution < 1.29 is 13.2 Å². The molecule has 0 spiro atoms. The van der Waals surface area contributed by atoms with E-state index in [2.05, 4.69) is 0 Å². The highest BCUT2D eigenvalue weighted by Gasteiger charge is 2.41. The second-order valence-corrected chi connectivity index (χ2v) is 9.50. The minimum Gasteiger partial charge on any atom is -0.289 e. The van der Waals surface area contributed by atoms with Gasteiger partial charge in [0.05, 0.1) is 22.5 Å². The Morgan fingerprint density at radius 3 is 2.59 bits per heavy atom. The van der Waals surface area contributed by atoms with E-state index in [1.165, 1.54) is 16.7 Å². The molecule has 0 radical (unpaired) electrons. The minimum absolute atomic E-state index is 0.00628. The molecule has 1 atom stereocenters. The summed E-state index contributed by atoms with van der Waals surface area (Å²) in [4.78, 5) is 14.5. The van der Waals surface area contributed by atoms with E-state index in [9.17, 15) is 13.2 Å². The maximum Gasteiger partial charge on any atom is 0.266 e. The van der Waals surface area contributed by atoms with E-state index in [-0.39, 0.29) is 23.5 Å². The van der Waals surface area contributed by atoms with Crippen LogP contribution in [0.15, 0.2) is 29.2 Å². The van der Waals surface area contributed by atoms with Crippen molar-refractivity contribution in [1.29, 1.82) is 0 Å². The number of hydrogen-bond donors (Lipinski definition) is 0. The standard InChI is InChI=1S/C14H12ClNO3S3/c15-10-3-1-9(2-4-10)7-12-13(17)16(14(20)21-12)11-5-6-22(18,19)8-11/h1-4,7,11H,5-6,8H2/b12-7-/t11-/m1/s1. The third-order valence-corrected chi connectivity index (χ3v) is 6.90. The van der Waals surface area contributed by atoms with Crippen LogP contribution >= 0.6 is 35.6 Å². The SMILES string of the molecule is O=C1/C(=C/c2ccc(Cl)cc2)SC(=S)N1[C@@H]1CCS(=O)(=O)C1. The maximum atomic E-state index is 12.5. The fourth-order valence-electron chi connectivity index (χ4n) is 2.48. The van der Waals surface area contributed by atoms with Gasteiger partial charge in [-0.1, -0.05) is 47.7 Å². The number of hydrogen-bond acceptors (Lipinski definition) is 5. The summed E-state index contributed by atoms with van der Waals surface area (Å²) in [5.41, 5.74) is 0.851. The molecule has 116 valence electrons. The number of halogens is 1. The van der Waals surface area contributed by atoms with Crippen LogP contribution < -0.4 is 0 Å². The van der Waals surface area contributed by atoms with Crippen molar-refractivity contribution in [2.75, 3.05) is 11.5 Å². The van der Waals surface area contributed by atoms with Gasteiger partial charge in [0.2, 0.25) is 0 Å². The molecule has 0 N–H and O–H groups in total. The lowest BCUT2D eigenvalue weighted by Crippen LogP contribution is -2.39. The van der Waals surface area contributed by atoms with Crippen LogP contribution in [0.3, 0.4) is 0 Å². The summed E-state index contributed by atoms with van der Waals surface area (Å²) >= 11 is 12.3. The first kappa shape index (κ1) is 16.0. The smallest absolute Gasteiger partial charge is 0.266 e. The number of benzene rings is 1. The fraction of sp³-hybridized carbons (Fsp3) is 0.286. The quantitative estimate of drug-likeness (QED) is 0.589. The Labute approximate surface area is 143 Å². The summed E-state index contributed by atoms with van der Waals surface area (Å²) < 4.78 is 23.6. The highest BCUT2D eigenvalue weighted by Crippen LogP contribution is 2.36. The molecule has 0 aliphatic carbocycles. The molecule has 0 aromatic heterocycles. The zero-order valence-electron chi connectivity index (χ0n) is 11.4. The highest BCUT2D eigenvalue weighted by molar-refractivity contribution is 8.26. The number of rotatable bonds is 2. The van der Waals surface area contributed by atoms with E-state index in [1.54, 1.807) is 18.2 Å². The van der Waals surface area contributed by atoms with Crippen LogP contribution in [0.25, 0.3) is 6.08 Å². The summed E-state index contributed by atoms with van der Waals surface area (Å²) in [6.45, 7) is 0. The Balaban J connectivity index is 1.84. The number of carbonyl (C=O) groups excluding carboxylic acids is 1. The average molecular weight is 374 g/mol. The molecule has 2 fully saturated rings. The maximum absolute atomic E-state index is 12.5. The Hall–Kier alpha value is -0.890. The summed E-state index contributed by atoms with van der Waals surface area (Å²) in [7, 11) is -3.06. The first-order valence-electron chi connectivity index (χ1n) is 6.59.